The first kappa shape index (κ1) is 19.0. The lowest BCUT2D eigenvalue weighted by Crippen LogP contribution is -2.40. The number of aromatic nitrogens is 1. The number of carbonyl (C=O) groups excluding carboxylic acids is 1. The molecule has 1 heterocycles. The molecule has 128 valence electrons. The zero-order valence-electron chi connectivity index (χ0n) is 13.5. The Labute approximate surface area is 159 Å². The molecule has 0 saturated heterocycles. The Morgan fingerprint density at radius 1 is 1.48 bits per heavy atom. The number of halogens is 3. The average molecular weight is 469 g/mol. The van der Waals surface area contributed by atoms with Crippen LogP contribution in [0.2, 0.25) is 5.02 Å². The lowest BCUT2D eigenvalue weighted by Gasteiger charge is -2.28. The number of alkyl halides is 1. The van der Waals surface area contributed by atoms with E-state index >= 15 is 0 Å². The van der Waals surface area contributed by atoms with Crippen molar-refractivity contribution in [3.8, 4) is 0 Å². The second-order valence-electron chi connectivity index (χ2n) is 6.82. The number of ether oxygens (including phenoxy) is 1. The maximum absolute atomic E-state index is 12.6. The smallest absolute Gasteiger partial charge is 0.416 e. The Morgan fingerprint density at radius 3 is 2.70 bits per heavy atom. The minimum Gasteiger partial charge on any atom is -0.443 e. The first-order valence-electron chi connectivity index (χ1n) is 7.61. The van der Waals surface area contributed by atoms with Crippen molar-refractivity contribution in [1.82, 2.24) is 4.98 Å². The van der Waals surface area contributed by atoms with Gasteiger partial charge >= 0.3 is 6.09 Å². The monoisotopic (exact) mass is 466 g/mol. The number of carbonyl (C=O) groups is 1. The van der Waals surface area contributed by atoms with Crippen LogP contribution in [0, 0.1) is 5.92 Å². The first-order chi connectivity index (χ1) is 10.7. The van der Waals surface area contributed by atoms with Crippen LogP contribution >= 0.6 is 43.5 Å². The highest BCUT2D eigenvalue weighted by Gasteiger charge is 2.30. The number of hydrogen-bond acceptors (Lipinski definition) is 3. The quantitative estimate of drug-likeness (QED) is 0.527. The van der Waals surface area contributed by atoms with Crippen LogP contribution in [-0.4, -0.2) is 28.1 Å². The minimum atomic E-state index is -0.553. The average Bonchev–Trinajstić information content (AvgIpc) is 2.83. The second-order valence-corrected chi connectivity index (χ2v) is 9.38. The Morgan fingerprint density at radius 2 is 2.17 bits per heavy atom. The summed E-state index contributed by atoms with van der Waals surface area (Å²) in [5, 5.41) is 0.522. The predicted octanol–water partition coefficient (Wildman–Crippen LogP) is 5.80. The van der Waals surface area contributed by atoms with Gasteiger partial charge in [-0.25, -0.2) is 9.78 Å². The van der Waals surface area contributed by atoms with Crippen molar-refractivity contribution in [1.29, 1.82) is 0 Å². The molecule has 0 radical (unpaired) electrons. The van der Waals surface area contributed by atoms with Gasteiger partial charge in [0.1, 0.15) is 11.4 Å². The molecule has 2 atom stereocenters. The van der Waals surface area contributed by atoms with Gasteiger partial charge in [0.15, 0.2) is 0 Å². The Bertz CT molecular complexity index is 578. The Hall–Kier alpha value is -0.330. The van der Waals surface area contributed by atoms with Crippen molar-refractivity contribution < 1.29 is 9.53 Å². The van der Waals surface area contributed by atoms with E-state index in [1.165, 1.54) is 0 Å². The Balaban J connectivity index is 2.22. The van der Waals surface area contributed by atoms with Crippen LogP contribution in [0.15, 0.2) is 16.7 Å². The summed E-state index contributed by atoms with van der Waals surface area (Å²) in [4.78, 5) is 19.1. The van der Waals surface area contributed by atoms with E-state index in [0.29, 0.717) is 32.6 Å². The molecule has 1 amide bonds. The van der Waals surface area contributed by atoms with Crippen LogP contribution in [0.5, 0.6) is 0 Å². The molecular weight excluding hydrogens is 447 g/mol. The maximum atomic E-state index is 12.6. The number of nitrogens with zero attached hydrogens (tertiary/aromatic N) is 2. The molecular formula is C16H21Br2ClN2O2. The maximum Gasteiger partial charge on any atom is 0.416 e. The van der Waals surface area contributed by atoms with Gasteiger partial charge in [-0.3, -0.25) is 4.90 Å². The van der Waals surface area contributed by atoms with Gasteiger partial charge in [0, 0.05) is 23.6 Å². The number of anilines is 1. The van der Waals surface area contributed by atoms with E-state index in [1.807, 2.05) is 20.8 Å². The van der Waals surface area contributed by atoms with Gasteiger partial charge in [0.2, 0.25) is 0 Å². The fourth-order valence-corrected chi connectivity index (χ4v) is 3.72. The minimum absolute atomic E-state index is 0.388. The number of pyridine rings is 1. The van der Waals surface area contributed by atoms with E-state index in [1.54, 1.807) is 17.2 Å². The first-order valence-corrected chi connectivity index (χ1v) is 9.70. The number of hydrogen-bond donors (Lipinski definition) is 0. The van der Waals surface area contributed by atoms with Crippen molar-refractivity contribution in [3.05, 3.63) is 21.8 Å². The molecule has 2 rings (SSSR count). The third-order valence-corrected chi connectivity index (χ3v) is 5.61. The van der Waals surface area contributed by atoms with Gasteiger partial charge in [-0.05, 0) is 61.9 Å². The molecule has 23 heavy (non-hydrogen) atoms. The van der Waals surface area contributed by atoms with Gasteiger partial charge in [-0.15, -0.1) is 0 Å². The fourth-order valence-electron chi connectivity index (χ4n) is 2.57. The molecule has 0 aliphatic heterocycles. The molecule has 1 saturated carbocycles. The van der Waals surface area contributed by atoms with Crippen molar-refractivity contribution >= 4 is 55.4 Å². The lowest BCUT2D eigenvalue weighted by atomic mass is 10.1. The van der Waals surface area contributed by atoms with Crippen LogP contribution in [-0.2, 0) is 4.74 Å². The third kappa shape index (κ3) is 5.61. The number of rotatable bonds is 3. The van der Waals surface area contributed by atoms with Crippen LogP contribution in [0.1, 0.15) is 40.0 Å². The van der Waals surface area contributed by atoms with Gasteiger partial charge < -0.3 is 4.74 Å². The van der Waals surface area contributed by atoms with E-state index in [2.05, 4.69) is 36.8 Å². The van der Waals surface area contributed by atoms with Gasteiger partial charge in [-0.2, -0.15) is 0 Å². The third-order valence-electron chi connectivity index (χ3n) is 3.60. The van der Waals surface area contributed by atoms with E-state index in [-0.39, 0.29) is 6.09 Å². The zero-order chi connectivity index (χ0) is 17.2. The van der Waals surface area contributed by atoms with Crippen LogP contribution < -0.4 is 4.90 Å². The lowest BCUT2D eigenvalue weighted by molar-refractivity contribution is 0.0573. The van der Waals surface area contributed by atoms with E-state index in [0.717, 1.165) is 19.3 Å². The topological polar surface area (TPSA) is 42.4 Å². The summed E-state index contributed by atoms with van der Waals surface area (Å²) in [5.41, 5.74) is -0.553. The fraction of sp³-hybridized carbons (Fsp3) is 0.625. The van der Waals surface area contributed by atoms with Gasteiger partial charge in [0.25, 0.3) is 0 Å². The van der Waals surface area contributed by atoms with Crippen LogP contribution in [0.25, 0.3) is 0 Å². The van der Waals surface area contributed by atoms with E-state index < -0.39 is 5.60 Å². The summed E-state index contributed by atoms with van der Waals surface area (Å²) < 4.78 is 6.24. The summed E-state index contributed by atoms with van der Waals surface area (Å²) in [6.07, 6.45) is 4.47. The van der Waals surface area contributed by atoms with Crippen molar-refractivity contribution in [2.45, 2.75) is 50.5 Å². The summed E-state index contributed by atoms with van der Waals surface area (Å²) in [6, 6.07) is 1.69. The predicted molar refractivity (Wildman–Crippen MR) is 101 cm³/mol. The van der Waals surface area contributed by atoms with E-state index in [9.17, 15) is 4.79 Å². The summed E-state index contributed by atoms with van der Waals surface area (Å²) in [6.45, 7) is 6.15. The molecule has 1 aliphatic rings. The second kappa shape index (κ2) is 7.70. The highest BCUT2D eigenvalue weighted by Crippen LogP contribution is 2.33. The molecule has 1 aliphatic carbocycles. The molecule has 0 spiro atoms. The number of amides is 1. The molecule has 0 bridgehead atoms. The summed E-state index contributed by atoms with van der Waals surface area (Å²) >= 11 is 13.1. The summed E-state index contributed by atoms with van der Waals surface area (Å²) in [7, 11) is 0. The van der Waals surface area contributed by atoms with Crippen LogP contribution in [0.4, 0.5) is 10.6 Å². The van der Waals surface area contributed by atoms with E-state index in [4.69, 9.17) is 16.3 Å². The largest absolute Gasteiger partial charge is 0.443 e. The molecule has 0 N–H and O–H groups in total. The zero-order valence-corrected chi connectivity index (χ0v) is 17.4. The molecule has 4 nitrogen and oxygen atoms in total. The Kier molecular flexibility index (Phi) is 6.36. The molecule has 1 aromatic heterocycles. The normalized spacial score (nSPS) is 21.3. The molecule has 1 fully saturated rings. The van der Waals surface area contributed by atoms with Gasteiger partial charge in [0.05, 0.1) is 9.50 Å². The van der Waals surface area contributed by atoms with Gasteiger partial charge in [-0.1, -0.05) is 27.5 Å². The van der Waals surface area contributed by atoms with Crippen molar-refractivity contribution in [2.75, 3.05) is 11.4 Å². The SMILES string of the molecule is CC(C)(C)OC(=O)N(CC1CCC(Br)C1)c1cc(Cl)c(Br)cn1. The standard InChI is InChI=1S/C16H21Br2ClN2O2/c1-16(2,3)23-15(22)21(9-10-4-5-11(17)6-10)14-7-13(19)12(18)8-20-14/h7-8,10-11H,4-6,9H2,1-3H3. The van der Waals surface area contributed by atoms with Crippen LogP contribution in [0.3, 0.4) is 0 Å². The molecule has 7 heteroatoms. The summed E-state index contributed by atoms with van der Waals surface area (Å²) in [5.74, 6) is 0.946. The molecule has 2 unspecified atom stereocenters. The highest BCUT2D eigenvalue weighted by molar-refractivity contribution is 9.10. The molecule has 1 aromatic rings. The highest BCUT2D eigenvalue weighted by atomic mass is 79.9. The van der Waals surface area contributed by atoms with Crippen molar-refractivity contribution in [3.63, 3.8) is 0 Å². The molecule has 0 aromatic carbocycles. The van der Waals surface area contributed by atoms with Crippen molar-refractivity contribution in [2.24, 2.45) is 5.92 Å².